The number of aromatic hydroxyl groups is 1. The van der Waals surface area contributed by atoms with Gasteiger partial charge in [-0.25, -0.2) is 0 Å². The van der Waals surface area contributed by atoms with E-state index in [0.29, 0.717) is 17.7 Å². The van der Waals surface area contributed by atoms with Gasteiger partial charge in [0.15, 0.2) is 23.4 Å². The highest BCUT2D eigenvalue weighted by atomic mass is 16.5. The molecule has 0 amide bonds. The van der Waals surface area contributed by atoms with Gasteiger partial charge in [0.2, 0.25) is 0 Å². The number of piperidine rings is 1. The van der Waals surface area contributed by atoms with Crippen LogP contribution in [0.4, 0.5) is 0 Å². The Kier molecular flexibility index (Phi) is 1.97. The van der Waals surface area contributed by atoms with Crippen molar-refractivity contribution in [2.75, 3.05) is 13.6 Å². The maximum absolute atomic E-state index is 12.4. The molecule has 0 saturated carbocycles. The molecule has 4 nitrogen and oxygen atoms in total. The molecule has 0 radical (unpaired) electrons. The number of nitrogens with zero attached hydrogens (tertiary/aromatic N) is 1. The van der Waals surface area contributed by atoms with Crippen molar-refractivity contribution in [1.82, 2.24) is 4.90 Å². The predicted molar refractivity (Wildman–Crippen MR) is 76.6 cm³/mol. The summed E-state index contributed by atoms with van der Waals surface area (Å²) in [6.45, 7) is 0.969. The second-order valence-electron chi connectivity index (χ2n) is 6.78. The first kappa shape index (κ1) is 11.8. The SMILES string of the molecule is CN1CC[C@]23c4c5ccc(O)c4OC2C(=O)C=C[C@H]3C1C5. The van der Waals surface area contributed by atoms with Gasteiger partial charge < -0.3 is 14.7 Å². The van der Waals surface area contributed by atoms with Gasteiger partial charge in [-0.05, 0) is 44.1 Å². The normalized spacial score (nSPS) is 39.1. The Labute approximate surface area is 123 Å². The zero-order chi connectivity index (χ0) is 14.4. The zero-order valence-electron chi connectivity index (χ0n) is 11.9. The summed E-state index contributed by atoms with van der Waals surface area (Å²) in [5.74, 6) is 1.07. The van der Waals surface area contributed by atoms with Crippen LogP contribution in [0.2, 0.25) is 0 Å². The van der Waals surface area contributed by atoms with Gasteiger partial charge in [-0.15, -0.1) is 0 Å². The van der Waals surface area contributed by atoms with E-state index in [2.05, 4.69) is 18.0 Å². The first-order valence-corrected chi connectivity index (χ1v) is 7.57. The maximum atomic E-state index is 12.4. The topological polar surface area (TPSA) is 49.8 Å². The Morgan fingerprint density at radius 1 is 1.43 bits per heavy atom. The van der Waals surface area contributed by atoms with Crippen LogP contribution in [0.25, 0.3) is 0 Å². The number of hydrogen-bond donors (Lipinski definition) is 1. The number of likely N-dealkylation sites (N-methyl/N-ethyl adjacent to an activating group) is 1. The summed E-state index contributed by atoms with van der Waals surface area (Å²) < 4.78 is 5.99. The van der Waals surface area contributed by atoms with Gasteiger partial charge in [0.05, 0.1) is 5.41 Å². The highest BCUT2D eigenvalue weighted by molar-refractivity contribution is 5.98. The van der Waals surface area contributed by atoms with Crippen LogP contribution in [0.5, 0.6) is 11.5 Å². The Bertz CT molecular complexity index is 710. The van der Waals surface area contributed by atoms with Crippen molar-refractivity contribution < 1.29 is 14.6 Å². The van der Waals surface area contributed by atoms with Crippen LogP contribution in [-0.2, 0) is 16.6 Å². The minimum absolute atomic E-state index is 0.0398. The van der Waals surface area contributed by atoms with Crippen LogP contribution >= 0.6 is 0 Å². The summed E-state index contributed by atoms with van der Waals surface area (Å²) in [6, 6.07) is 4.13. The minimum atomic E-state index is -0.453. The molecule has 1 saturated heterocycles. The molecule has 4 aliphatic rings. The summed E-state index contributed by atoms with van der Waals surface area (Å²) in [7, 11) is 2.17. The summed E-state index contributed by atoms with van der Waals surface area (Å²) in [6.07, 6.45) is 5.19. The summed E-state index contributed by atoms with van der Waals surface area (Å²) in [5, 5.41) is 10.2. The molecule has 2 bridgehead atoms. The lowest BCUT2D eigenvalue weighted by Gasteiger charge is -2.55. The fraction of sp³-hybridized carbons (Fsp3) is 0.471. The first-order valence-electron chi connectivity index (χ1n) is 7.57. The van der Waals surface area contributed by atoms with E-state index < -0.39 is 6.10 Å². The van der Waals surface area contributed by atoms with E-state index in [1.165, 1.54) is 5.56 Å². The number of benzene rings is 1. The van der Waals surface area contributed by atoms with E-state index in [4.69, 9.17) is 4.74 Å². The quantitative estimate of drug-likeness (QED) is 0.782. The lowest BCUT2D eigenvalue weighted by atomic mass is 9.53. The molecule has 4 atom stereocenters. The molecule has 1 aromatic rings. The number of ketones is 1. The van der Waals surface area contributed by atoms with Crippen molar-refractivity contribution in [2.45, 2.75) is 30.4 Å². The monoisotopic (exact) mass is 283 g/mol. The fourth-order valence-corrected chi connectivity index (χ4v) is 5.08. The molecule has 2 heterocycles. The van der Waals surface area contributed by atoms with Crippen LogP contribution < -0.4 is 4.74 Å². The fourth-order valence-electron chi connectivity index (χ4n) is 5.08. The standard InChI is InChI=1S/C17H17NO3/c1-18-7-6-17-10-3-5-13(20)16(17)21-15-12(19)4-2-9(14(15)17)8-11(10)18/h2-5,10-11,16,19H,6-8H2,1H3/t10-,11?,16?,17-/m0/s1. The highest BCUT2D eigenvalue weighted by Gasteiger charge is 2.64. The molecule has 1 N–H and O–H groups in total. The molecule has 1 aromatic carbocycles. The van der Waals surface area contributed by atoms with Gasteiger partial charge in [0.1, 0.15) is 0 Å². The van der Waals surface area contributed by atoms with Crippen molar-refractivity contribution in [3.05, 3.63) is 35.4 Å². The zero-order valence-corrected chi connectivity index (χ0v) is 11.9. The van der Waals surface area contributed by atoms with Crippen LogP contribution in [0.1, 0.15) is 17.5 Å². The van der Waals surface area contributed by atoms with Crippen LogP contribution in [0, 0.1) is 5.92 Å². The Hall–Kier alpha value is -1.81. The largest absolute Gasteiger partial charge is 0.504 e. The molecule has 21 heavy (non-hydrogen) atoms. The highest BCUT2D eigenvalue weighted by Crippen LogP contribution is 2.61. The average Bonchev–Trinajstić information content (AvgIpc) is 2.83. The number of phenolic OH excluding ortho intramolecular Hbond substituents is 1. The third-order valence-corrected chi connectivity index (χ3v) is 6.00. The number of carbonyl (C=O) groups excluding carboxylic acids is 1. The number of ether oxygens (including phenoxy) is 1. The molecule has 2 unspecified atom stereocenters. The number of carbonyl (C=O) groups is 1. The summed E-state index contributed by atoms with van der Waals surface area (Å²) >= 11 is 0. The van der Waals surface area contributed by atoms with E-state index in [1.54, 1.807) is 12.1 Å². The van der Waals surface area contributed by atoms with E-state index in [0.717, 1.165) is 24.9 Å². The molecule has 5 rings (SSSR count). The van der Waals surface area contributed by atoms with E-state index in [-0.39, 0.29) is 16.9 Å². The Morgan fingerprint density at radius 2 is 2.29 bits per heavy atom. The molecule has 2 aliphatic heterocycles. The Balaban J connectivity index is 1.87. The van der Waals surface area contributed by atoms with Gasteiger partial charge in [-0.1, -0.05) is 12.1 Å². The van der Waals surface area contributed by atoms with Crippen LogP contribution in [0.15, 0.2) is 24.3 Å². The molecule has 108 valence electrons. The second kappa shape index (κ2) is 3.50. The third-order valence-electron chi connectivity index (χ3n) is 6.00. The molecule has 1 spiro atoms. The van der Waals surface area contributed by atoms with Crippen LogP contribution in [-0.4, -0.2) is 41.5 Å². The van der Waals surface area contributed by atoms with Gasteiger partial charge >= 0.3 is 0 Å². The van der Waals surface area contributed by atoms with Crippen molar-refractivity contribution >= 4 is 5.78 Å². The number of hydrogen-bond acceptors (Lipinski definition) is 4. The number of rotatable bonds is 0. The average molecular weight is 283 g/mol. The van der Waals surface area contributed by atoms with Crippen molar-refractivity contribution in [2.24, 2.45) is 5.92 Å². The molecular formula is C17H17NO3. The molecular weight excluding hydrogens is 266 g/mol. The van der Waals surface area contributed by atoms with Crippen molar-refractivity contribution in [1.29, 1.82) is 0 Å². The molecule has 2 aliphatic carbocycles. The number of likely N-dealkylation sites (tertiary alicyclic amines) is 1. The first-order chi connectivity index (χ1) is 10.1. The van der Waals surface area contributed by atoms with Crippen molar-refractivity contribution in [3.8, 4) is 11.5 Å². The minimum Gasteiger partial charge on any atom is -0.504 e. The maximum Gasteiger partial charge on any atom is 0.196 e. The van der Waals surface area contributed by atoms with Gasteiger partial charge in [0, 0.05) is 17.5 Å². The third kappa shape index (κ3) is 1.16. The van der Waals surface area contributed by atoms with Crippen molar-refractivity contribution in [3.63, 3.8) is 0 Å². The molecule has 1 fully saturated rings. The van der Waals surface area contributed by atoms with E-state index in [9.17, 15) is 9.90 Å². The van der Waals surface area contributed by atoms with Gasteiger partial charge in [-0.3, -0.25) is 4.79 Å². The predicted octanol–water partition coefficient (Wildman–Crippen LogP) is 1.41. The van der Waals surface area contributed by atoms with Gasteiger partial charge in [-0.2, -0.15) is 0 Å². The van der Waals surface area contributed by atoms with E-state index in [1.807, 2.05) is 6.07 Å². The summed E-state index contributed by atoms with van der Waals surface area (Å²) in [5.41, 5.74) is 2.09. The Morgan fingerprint density at radius 3 is 3.14 bits per heavy atom. The lowest BCUT2D eigenvalue weighted by molar-refractivity contribution is -0.127. The van der Waals surface area contributed by atoms with Crippen LogP contribution in [0.3, 0.4) is 0 Å². The van der Waals surface area contributed by atoms with Gasteiger partial charge in [0.25, 0.3) is 0 Å². The van der Waals surface area contributed by atoms with E-state index >= 15 is 0 Å². The second-order valence-corrected chi connectivity index (χ2v) is 6.78. The molecule has 0 aromatic heterocycles. The molecule has 4 heteroatoms. The summed E-state index contributed by atoms with van der Waals surface area (Å²) in [4.78, 5) is 14.8. The number of phenols is 1. The lowest BCUT2D eigenvalue weighted by Crippen LogP contribution is -2.64. The smallest absolute Gasteiger partial charge is 0.196 e.